The summed E-state index contributed by atoms with van der Waals surface area (Å²) in [4.78, 5) is 50.2. The number of rotatable bonds is 4. The second kappa shape index (κ2) is 8.71. The first kappa shape index (κ1) is 23.7. The van der Waals surface area contributed by atoms with Crippen molar-refractivity contribution in [1.29, 1.82) is 0 Å². The maximum absolute atomic E-state index is 13.7. The van der Waals surface area contributed by atoms with Gasteiger partial charge in [-0.3, -0.25) is 24.5 Å². The minimum atomic E-state index is -4.97. The Morgan fingerprint density at radius 1 is 1.18 bits per heavy atom. The van der Waals surface area contributed by atoms with Gasteiger partial charge in [0.2, 0.25) is 11.8 Å². The molecule has 178 valence electrons. The highest BCUT2D eigenvalue weighted by Crippen LogP contribution is 2.37. The molecule has 2 aromatic carbocycles. The van der Waals surface area contributed by atoms with Crippen LogP contribution in [0.15, 0.2) is 36.4 Å². The molecular weight excluding hydrogens is 482 g/mol. The lowest BCUT2D eigenvalue weighted by Gasteiger charge is -2.29. The van der Waals surface area contributed by atoms with Gasteiger partial charge in [0.25, 0.3) is 11.8 Å². The lowest BCUT2D eigenvalue weighted by atomic mass is 10.0. The lowest BCUT2D eigenvalue weighted by Crippen LogP contribution is -2.52. The number of piperidine rings is 1. The molecule has 2 heterocycles. The summed E-state index contributed by atoms with van der Waals surface area (Å²) in [6.45, 7) is -0.0556. The van der Waals surface area contributed by atoms with Crippen molar-refractivity contribution in [2.24, 2.45) is 0 Å². The van der Waals surface area contributed by atoms with Gasteiger partial charge < -0.3 is 10.2 Å². The van der Waals surface area contributed by atoms with E-state index in [1.165, 1.54) is 23.1 Å². The molecule has 4 rings (SSSR count). The molecule has 1 fully saturated rings. The second-order valence-electron chi connectivity index (χ2n) is 7.86. The summed E-state index contributed by atoms with van der Waals surface area (Å²) < 4.78 is 54.7. The third-order valence-corrected chi connectivity index (χ3v) is 6.08. The zero-order chi connectivity index (χ0) is 24.8. The number of carbonyl (C=O) groups excluding carboxylic acids is 4. The first-order chi connectivity index (χ1) is 16.0. The molecule has 1 unspecified atom stereocenters. The minimum absolute atomic E-state index is 0.0556. The first-order valence-electron chi connectivity index (χ1n) is 10.1. The average molecular weight is 498 g/mol. The van der Waals surface area contributed by atoms with Gasteiger partial charge in [0.15, 0.2) is 6.04 Å². The standard InChI is InChI=1S/C22H16ClF4N3O4/c23-17-13(2-1-3-14(17)24)18(22(25,26)27)29-19(32)10-4-5-12-11(8-10)9-30(21(12)34)15-6-7-16(31)28-20(15)33/h1-5,8,15,18H,6-7,9H2,(H,29,32)(H,28,31,33)/t15?,18-/m1/s1. The predicted octanol–water partition coefficient (Wildman–Crippen LogP) is 3.27. The second-order valence-corrected chi connectivity index (χ2v) is 8.24. The fourth-order valence-electron chi connectivity index (χ4n) is 4.01. The smallest absolute Gasteiger partial charge is 0.337 e. The fraction of sp³-hybridized carbons (Fsp3) is 0.273. The Morgan fingerprint density at radius 3 is 2.59 bits per heavy atom. The monoisotopic (exact) mass is 497 g/mol. The fourth-order valence-corrected chi connectivity index (χ4v) is 4.24. The van der Waals surface area contributed by atoms with Crippen molar-refractivity contribution in [1.82, 2.24) is 15.5 Å². The Bertz CT molecular complexity index is 1220. The largest absolute Gasteiger partial charge is 0.412 e. The Balaban J connectivity index is 1.57. The Morgan fingerprint density at radius 2 is 1.91 bits per heavy atom. The van der Waals surface area contributed by atoms with Crippen LogP contribution in [0.1, 0.15) is 50.7 Å². The number of alkyl halides is 3. The van der Waals surface area contributed by atoms with Gasteiger partial charge in [-0.05, 0) is 36.2 Å². The van der Waals surface area contributed by atoms with Gasteiger partial charge in [-0.25, -0.2) is 4.39 Å². The highest BCUT2D eigenvalue weighted by Gasteiger charge is 2.44. The quantitative estimate of drug-likeness (QED) is 0.500. The van der Waals surface area contributed by atoms with Gasteiger partial charge in [-0.15, -0.1) is 0 Å². The van der Waals surface area contributed by atoms with Crippen molar-refractivity contribution in [3.63, 3.8) is 0 Å². The number of hydrogen-bond donors (Lipinski definition) is 2. The molecule has 4 amide bonds. The van der Waals surface area contributed by atoms with Crippen molar-refractivity contribution >= 4 is 35.2 Å². The van der Waals surface area contributed by atoms with E-state index in [0.29, 0.717) is 5.56 Å². The molecule has 2 aromatic rings. The molecule has 7 nitrogen and oxygen atoms in total. The summed E-state index contributed by atoms with van der Waals surface area (Å²) in [7, 11) is 0. The van der Waals surface area contributed by atoms with Crippen LogP contribution in [0.4, 0.5) is 17.6 Å². The average Bonchev–Trinajstić information content (AvgIpc) is 3.09. The first-order valence-corrected chi connectivity index (χ1v) is 10.4. The molecule has 0 saturated carbocycles. The normalized spacial score (nSPS) is 19.0. The topological polar surface area (TPSA) is 95.6 Å². The Hall–Kier alpha value is -3.47. The van der Waals surface area contributed by atoms with Crippen molar-refractivity contribution in [3.05, 3.63) is 69.5 Å². The van der Waals surface area contributed by atoms with E-state index in [1.807, 2.05) is 5.32 Å². The Kier molecular flexibility index (Phi) is 6.07. The van der Waals surface area contributed by atoms with Gasteiger partial charge in [0, 0.05) is 29.7 Å². The van der Waals surface area contributed by atoms with E-state index in [-0.39, 0.29) is 30.5 Å². The third-order valence-electron chi connectivity index (χ3n) is 5.68. The zero-order valence-electron chi connectivity index (χ0n) is 17.2. The van der Waals surface area contributed by atoms with Gasteiger partial charge >= 0.3 is 6.18 Å². The molecule has 0 aromatic heterocycles. The molecular formula is C22H16ClF4N3O4. The maximum atomic E-state index is 13.7. The van der Waals surface area contributed by atoms with Crippen molar-refractivity contribution in [2.75, 3.05) is 0 Å². The summed E-state index contributed by atoms with van der Waals surface area (Å²) >= 11 is 5.70. The molecule has 2 atom stereocenters. The minimum Gasteiger partial charge on any atom is -0.337 e. The number of fused-ring (bicyclic) bond motifs is 1. The lowest BCUT2D eigenvalue weighted by molar-refractivity contribution is -0.155. The van der Waals surface area contributed by atoms with Gasteiger partial charge in [-0.2, -0.15) is 13.2 Å². The molecule has 1 saturated heterocycles. The zero-order valence-corrected chi connectivity index (χ0v) is 18.0. The van der Waals surface area contributed by atoms with E-state index in [4.69, 9.17) is 11.6 Å². The van der Waals surface area contributed by atoms with Crippen LogP contribution in [0, 0.1) is 5.82 Å². The van der Waals surface area contributed by atoms with Crippen molar-refractivity contribution in [2.45, 2.75) is 37.6 Å². The number of nitrogens with zero attached hydrogens (tertiary/aromatic N) is 1. The van der Waals surface area contributed by atoms with Crippen LogP contribution < -0.4 is 10.6 Å². The number of imide groups is 1. The van der Waals surface area contributed by atoms with E-state index < -0.39 is 58.3 Å². The molecule has 0 bridgehead atoms. The summed E-state index contributed by atoms with van der Waals surface area (Å²) in [6, 6.07) is 3.19. The number of nitrogens with one attached hydrogen (secondary N) is 2. The molecule has 0 aliphatic carbocycles. The Labute approximate surface area is 195 Å². The molecule has 34 heavy (non-hydrogen) atoms. The van der Waals surface area contributed by atoms with E-state index in [1.54, 1.807) is 0 Å². The SMILES string of the molecule is O=C1CCC(N2Cc3cc(C(=O)N[C@H](c4cccc(F)c4Cl)C(F)(F)F)ccc3C2=O)C(=O)N1. The van der Waals surface area contributed by atoms with Gasteiger partial charge in [0.05, 0.1) is 5.02 Å². The van der Waals surface area contributed by atoms with Crippen molar-refractivity contribution in [3.8, 4) is 0 Å². The van der Waals surface area contributed by atoms with Gasteiger partial charge in [-0.1, -0.05) is 23.7 Å². The van der Waals surface area contributed by atoms with E-state index >= 15 is 0 Å². The van der Waals surface area contributed by atoms with Crippen LogP contribution in [-0.4, -0.2) is 40.7 Å². The molecule has 2 N–H and O–H groups in total. The van der Waals surface area contributed by atoms with E-state index in [2.05, 4.69) is 5.32 Å². The number of carbonyl (C=O) groups is 4. The summed E-state index contributed by atoms with van der Waals surface area (Å²) in [5, 5.41) is 3.23. The molecule has 12 heteroatoms. The summed E-state index contributed by atoms with van der Waals surface area (Å²) in [5.74, 6) is -3.72. The van der Waals surface area contributed by atoms with Crippen LogP contribution in [-0.2, 0) is 16.1 Å². The molecule has 0 radical (unpaired) electrons. The number of halogens is 5. The number of hydrogen-bond acceptors (Lipinski definition) is 4. The van der Waals surface area contributed by atoms with Crippen LogP contribution in [0.5, 0.6) is 0 Å². The summed E-state index contributed by atoms with van der Waals surface area (Å²) in [6.07, 6.45) is -4.77. The van der Waals surface area contributed by atoms with Crippen LogP contribution >= 0.6 is 11.6 Å². The molecule has 2 aliphatic heterocycles. The number of benzene rings is 2. The highest BCUT2D eigenvalue weighted by atomic mass is 35.5. The van der Waals surface area contributed by atoms with Crippen LogP contribution in [0.2, 0.25) is 5.02 Å². The summed E-state index contributed by atoms with van der Waals surface area (Å²) in [5.41, 5.74) is -0.280. The van der Waals surface area contributed by atoms with Crippen molar-refractivity contribution < 1.29 is 36.7 Å². The maximum Gasteiger partial charge on any atom is 0.412 e. The molecule has 0 spiro atoms. The van der Waals surface area contributed by atoms with Gasteiger partial charge in [0.1, 0.15) is 11.9 Å². The van der Waals surface area contributed by atoms with Crippen LogP contribution in [0.25, 0.3) is 0 Å². The molecule has 2 aliphatic rings. The highest BCUT2D eigenvalue weighted by molar-refractivity contribution is 6.31. The van der Waals surface area contributed by atoms with E-state index in [0.717, 1.165) is 18.2 Å². The predicted molar refractivity (Wildman–Crippen MR) is 110 cm³/mol. The van der Waals surface area contributed by atoms with Crippen LogP contribution in [0.3, 0.4) is 0 Å². The van der Waals surface area contributed by atoms with E-state index in [9.17, 15) is 36.7 Å². The third kappa shape index (κ3) is 4.35. The number of amides is 4.